The van der Waals surface area contributed by atoms with E-state index in [0.29, 0.717) is 17.0 Å². The Bertz CT molecular complexity index is 1530. The SMILES string of the molecule is Cc1c(C(=O)Nc2ccccc2-c2nc3cc(CN4CCNCC4)cnc3s2)oc2ccccc12. The van der Waals surface area contributed by atoms with Crippen LogP contribution in [0.2, 0.25) is 0 Å². The number of anilines is 1. The van der Waals surface area contributed by atoms with Crippen molar-refractivity contribution in [1.29, 1.82) is 0 Å². The van der Waals surface area contributed by atoms with Gasteiger partial charge in [0.1, 0.15) is 20.9 Å². The number of aromatic nitrogens is 2. The van der Waals surface area contributed by atoms with Crippen molar-refractivity contribution in [3.05, 3.63) is 77.7 Å². The number of carbonyl (C=O) groups excluding carboxylic acids is 1. The zero-order valence-corrected chi connectivity index (χ0v) is 20.2. The van der Waals surface area contributed by atoms with Crippen molar-refractivity contribution in [1.82, 2.24) is 20.2 Å². The summed E-state index contributed by atoms with van der Waals surface area (Å²) in [6.45, 7) is 6.90. The number of nitrogens with one attached hydrogen (secondary N) is 2. The maximum Gasteiger partial charge on any atom is 0.291 e. The maximum atomic E-state index is 13.2. The monoisotopic (exact) mass is 483 g/mol. The van der Waals surface area contributed by atoms with Crippen molar-refractivity contribution in [2.45, 2.75) is 13.5 Å². The third-order valence-electron chi connectivity index (χ3n) is 6.38. The Balaban J connectivity index is 1.28. The number of aryl methyl sites for hydroxylation is 1. The molecule has 0 saturated carbocycles. The van der Waals surface area contributed by atoms with Crippen LogP contribution in [0.3, 0.4) is 0 Å². The molecule has 0 atom stereocenters. The third-order valence-corrected chi connectivity index (χ3v) is 7.39. The largest absolute Gasteiger partial charge is 0.451 e. The van der Waals surface area contributed by atoms with E-state index in [1.807, 2.05) is 61.7 Å². The Morgan fingerprint density at radius 2 is 1.94 bits per heavy atom. The van der Waals surface area contributed by atoms with Gasteiger partial charge >= 0.3 is 0 Å². The van der Waals surface area contributed by atoms with Gasteiger partial charge in [0.15, 0.2) is 5.76 Å². The van der Waals surface area contributed by atoms with E-state index in [1.165, 1.54) is 11.3 Å². The predicted octanol–water partition coefficient (Wildman–Crippen LogP) is 5.07. The molecule has 176 valence electrons. The summed E-state index contributed by atoms with van der Waals surface area (Å²) in [7, 11) is 0. The number of carbonyl (C=O) groups is 1. The van der Waals surface area contributed by atoms with Crippen LogP contribution in [-0.2, 0) is 6.54 Å². The van der Waals surface area contributed by atoms with Crippen LogP contribution >= 0.6 is 11.3 Å². The van der Waals surface area contributed by atoms with E-state index in [4.69, 9.17) is 9.40 Å². The van der Waals surface area contributed by atoms with Crippen LogP contribution in [0, 0.1) is 6.92 Å². The van der Waals surface area contributed by atoms with E-state index >= 15 is 0 Å². The van der Waals surface area contributed by atoms with Crippen LogP contribution in [0.15, 0.2) is 65.2 Å². The van der Waals surface area contributed by atoms with Gasteiger partial charge in [-0.05, 0) is 36.8 Å². The smallest absolute Gasteiger partial charge is 0.291 e. The molecule has 35 heavy (non-hydrogen) atoms. The van der Waals surface area contributed by atoms with Gasteiger partial charge in [0.2, 0.25) is 0 Å². The average Bonchev–Trinajstić information content (AvgIpc) is 3.46. The molecule has 8 heteroatoms. The van der Waals surface area contributed by atoms with Gasteiger partial charge in [-0.25, -0.2) is 9.97 Å². The molecule has 7 nitrogen and oxygen atoms in total. The molecule has 0 aliphatic carbocycles. The molecule has 4 heterocycles. The molecule has 5 aromatic rings. The second kappa shape index (κ2) is 9.22. The average molecular weight is 484 g/mol. The van der Waals surface area contributed by atoms with Crippen LogP contribution in [0.25, 0.3) is 31.9 Å². The number of amides is 1. The fraction of sp³-hybridized carbons (Fsp3) is 0.222. The van der Waals surface area contributed by atoms with Gasteiger partial charge in [-0.2, -0.15) is 0 Å². The van der Waals surface area contributed by atoms with Gasteiger partial charge in [0, 0.05) is 55.4 Å². The molecular weight excluding hydrogens is 458 g/mol. The molecule has 0 bridgehead atoms. The van der Waals surface area contributed by atoms with Gasteiger partial charge in [0.25, 0.3) is 5.91 Å². The zero-order chi connectivity index (χ0) is 23.8. The lowest BCUT2D eigenvalue weighted by Crippen LogP contribution is -2.42. The highest BCUT2D eigenvalue weighted by Gasteiger charge is 2.20. The summed E-state index contributed by atoms with van der Waals surface area (Å²) in [5.74, 6) is 0.0493. The molecule has 0 radical (unpaired) electrons. The quantitative estimate of drug-likeness (QED) is 0.363. The second-order valence-electron chi connectivity index (χ2n) is 8.77. The Morgan fingerprint density at radius 3 is 2.80 bits per heavy atom. The fourth-order valence-corrected chi connectivity index (χ4v) is 5.47. The third kappa shape index (κ3) is 4.32. The van der Waals surface area contributed by atoms with Crippen molar-refractivity contribution in [3.8, 4) is 10.6 Å². The van der Waals surface area contributed by atoms with Crippen molar-refractivity contribution in [3.63, 3.8) is 0 Å². The van der Waals surface area contributed by atoms with E-state index in [-0.39, 0.29) is 5.91 Å². The Labute approximate surface area is 206 Å². The molecule has 0 spiro atoms. The van der Waals surface area contributed by atoms with Crippen molar-refractivity contribution < 1.29 is 9.21 Å². The first-order chi connectivity index (χ1) is 17.2. The molecule has 1 amide bonds. The molecule has 3 aromatic heterocycles. The summed E-state index contributed by atoms with van der Waals surface area (Å²) in [4.78, 5) is 26.0. The van der Waals surface area contributed by atoms with Crippen LogP contribution in [0.1, 0.15) is 21.7 Å². The van der Waals surface area contributed by atoms with E-state index < -0.39 is 0 Å². The first-order valence-electron chi connectivity index (χ1n) is 11.7. The zero-order valence-electron chi connectivity index (χ0n) is 19.4. The van der Waals surface area contributed by atoms with E-state index in [9.17, 15) is 4.79 Å². The number of nitrogens with zero attached hydrogens (tertiary/aromatic N) is 3. The highest BCUT2D eigenvalue weighted by molar-refractivity contribution is 7.21. The lowest BCUT2D eigenvalue weighted by atomic mass is 10.1. The number of para-hydroxylation sites is 2. The van der Waals surface area contributed by atoms with E-state index in [1.54, 1.807) is 0 Å². The number of rotatable bonds is 5. The van der Waals surface area contributed by atoms with Gasteiger partial charge in [-0.3, -0.25) is 9.69 Å². The van der Waals surface area contributed by atoms with Crippen LogP contribution in [0.4, 0.5) is 5.69 Å². The Hall–Kier alpha value is -3.59. The van der Waals surface area contributed by atoms with Gasteiger partial charge in [-0.1, -0.05) is 41.7 Å². The number of piperazine rings is 1. The Morgan fingerprint density at radius 1 is 1.14 bits per heavy atom. The minimum Gasteiger partial charge on any atom is -0.451 e. The molecule has 6 rings (SSSR count). The standard InChI is InChI=1S/C27H25N5O2S/c1-17-19-6-3-5-9-23(19)34-24(17)25(33)30-21-8-4-2-7-20(21)26-31-22-14-18(15-29-27(22)35-26)16-32-12-10-28-11-13-32/h2-9,14-15,28H,10-13,16H2,1H3,(H,30,33). The number of hydrogen-bond donors (Lipinski definition) is 2. The topological polar surface area (TPSA) is 83.3 Å². The van der Waals surface area contributed by atoms with Gasteiger partial charge in [0.05, 0.1) is 5.69 Å². The van der Waals surface area contributed by atoms with E-state index in [0.717, 1.165) is 70.2 Å². The molecule has 2 N–H and O–H groups in total. The summed E-state index contributed by atoms with van der Waals surface area (Å²) in [5.41, 5.74) is 5.14. The molecule has 1 aliphatic heterocycles. The minimum absolute atomic E-state index is 0.274. The Kier molecular flexibility index (Phi) is 5.77. The van der Waals surface area contributed by atoms with Crippen LogP contribution in [0.5, 0.6) is 0 Å². The van der Waals surface area contributed by atoms with Crippen molar-refractivity contribution in [2.24, 2.45) is 0 Å². The molecule has 1 aliphatic rings. The highest BCUT2D eigenvalue weighted by Crippen LogP contribution is 2.35. The molecule has 0 unspecified atom stereocenters. The lowest BCUT2D eigenvalue weighted by Gasteiger charge is -2.26. The van der Waals surface area contributed by atoms with Gasteiger partial charge in [-0.15, -0.1) is 0 Å². The lowest BCUT2D eigenvalue weighted by molar-refractivity contribution is 0.0998. The predicted molar refractivity (Wildman–Crippen MR) is 140 cm³/mol. The molecule has 1 saturated heterocycles. The van der Waals surface area contributed by atoms with Gasteiger partial charge < -0.3 is 15.1 Å². The first kappa shape index (κ1) is 21.9. The molecular formula is C27H25N5O2S. The minimum atomic E-state index is -0.274. The summed E-state index contributed by atoms with van der Waals surface area (Å²) >= 11 is 1.53. The molecule has 1 fully saturated rings. The summed E-state index contributed by atoms with van der Waals surface area (Å²) in [6, 6.07) is 17.5. The highest BCUT2D eigenvalue weighted by atomic mass is 32.1. The summed E-state index contributed by atoms with van der Waals surface area (Å²) in [5, 5.41) is 8.19. The van der Waals surface area contributed by atoms with Crippen LogP contribution < -0.4 is 10.6 Å². The normalized spacial score (nSPS) is 14.5. The number of fused-ring (bicyclic) bond motifs is 2. The van der Waals surface area contributed by atoms with Crippen LogP contribution in [-0.4, -0.2) is 47.0 Å². The maximum absolute atomic E-state index is 13.2. The van der Waals surface area contributed by atoms with Crippen molar-refractivity contribution in [2.75, 3.05) is 31.5 Å². The first-order valence-corrected chi connectivity index (χ1v) is 12.5. The second-order valence-corrected chi connectivity index (χ2v) is 9.74. The fourth-order valence-electron chi connectivity index (χ4n) is 4.54. The molecule has 2 aromatic carbocycles. The number of furan rings is 1. The van der Waals surface area contributed by atoms with E-state index in [2.05, 4.69) is 26.6 Å². The summed E-state index contributed by atoms with van der Waals surface area (Å²) in [6.07, 6.45) is 1.95. The number of benzene rings is 2. The number of thiazole rings is 1. The summed E-state index contributed by atoms with van der Waals surface area (Å²) < 4.78 is 5.86. The van der Waals surface area contributed by atoms with Crippen molar-refractivity contribution >= 4 is 44.2 Å². The number of hydrogen-bond acceptors (Lipinski definition) is 7. The number of pyridine rings is 1.